The molecule has 0 fully saturated rings. The largest absolute Gasteiger partial charge is 0.267 e. The van der Waals surface area contributed by atoms with Crippen molar-refractivity contribution in [1.29, 1.82) is 5.26 Å². The summed E-state index contributed by atoms with van der Waals surface area (Å²) < 4.78 is 26.9. The second-order valence-electron chi connectivity index (χ2n) is 4.98. The van der Waals surface area contributed by atoms with E-state index in [0.29, 0.717) is 18.7 Å². The highest BCUT2D eigenvalue weighted by Crippen LogP contribution is 2.24. The summed E-state index contributed by atoms with van der Waals surface area (Å²) in [7, 11) is -3.58. The molecule has 0 saturated heterocycles. The lowest BCUT2D eigenvalue weighted by Crippen LogP contribution is -2.30. The van der Waals surface area contributed by atoms with Crippen LogP contribution in [0.3, 0.4) is 0 Å². The van der Waals surface area contributed by atoms with E-state index in [0.717, 1.165) is 11.1 Å². The third-order valence-electron chi connectivity index (χ3n) is 3.40. The minimum absolute atomic E-state index is 0.279. The molecular formula is C17H18N2O2S. The van der Waals surface area contributed by atoms with Crippen LogP contribution in [0.2, 0.25) is 0 Å². The van der Waals surface area contributed by atoms with Gasteiger partial charge in [0.25, 0.3) is 10.0 Å². The maximum Gasteiger partial charge on any atom is 0.264 e. The molecule has 22 heavy (non-hydrogen) atoms. The van der Waals surface area contributed by atoms with Gasteiger partial charge in [0.2, 0.25) is 0 Å². The minimum atomic E-state index is -3.58. The average Bonchev–Trinajstić information content (AvgIpc) is 2.50. The van der Waals surface area contributed by atoms with Crippen LogP contribution in [0.1, 0.15) is 18.1 Å². The molecule has 0 aliphatic carbocycles. The molecule has 2 aromatic rings. The van der Waals surface area contributed by atoms with Crippen LogP contribution in [0.4, 0.5) is 5.69 Å². The van der Waals surface area contributed by atoms with Crippen LogP contribution < -0.4 is 4.31 Å². The van der Waals surface area contributed by atoms with E-state index in [2.05, 4.69) is 6.07 Å². The summed E-state index contributed by atoms with van der Waals surface area (Å²) >= 11 is 0. The van der Waals surface area contributed by atoms with E-state index in [-0.39, 0.29) is 4.90 Å². The fraction of sp³-hybridized carbons (Fsp3) is 0.235. The summed E-state index contributed by atoms with van der Waals surface area (Å²) in [5, 5.41) is 8.69. The molecule has 0 N–H and O–H groups in total. The van der Waals surface area contributed by atoms with E-state index in [9.17, 15) is 8.42 Å². The normalized spacial score (nSPS) is 11.0. The predicted octanol–water partition coefficient (Wildman–Crippen LogP) is 3.28. The molecule has 0 aromatic heterocycles. The summed E-state index contributed by atoms with van der Waals surface area (Å²) in [4.78, 5) is 0.279. The molecule has 0 amide bonds. The van der Waals surface area contributed by atoms with Crippen LogP contribution in [0, 0.1) is 18.3 Å². The molecule has 0 aliphatic heterocycles. The van der Waals surface area contributed by atoms with Crippen molar-refractivity contribution in [3.8, 4) is 6.07 Å². The van der Waals surface area contributed by atoms with Crippen molar-refractivity contribution in [3.63, 3.8) is 0 Å². The van der Waals surface area contributed by atoms with Crippen LogP contribution >= 0.6 is 0 Å². The highest BCUT2D eigenvalue weighted by molar-refractivity contribution is 7.92. The van der Waals surface area contributed by atoms with Gasteiger partial charge in [-0.1, -0.05) is 29.8 Å². The SMILES string of the molecule is CCN(c1ccc(CC#N)cc1)S(=O)(=O)c1ccc(C)cc1. The van der Waals surface area contributed by atoms with Gasteiger partial charge >= 0.3 is 0 Å². The standard InChI is InChI=1S/C17H18N2O2S/c1-3-19(16-8-6-15(7-9-16)12-13-18)22(20,21)17-10-4-14(2)5-11-17/h4-11H,3,12H2,1-2H3. The molecule has 0 bridgehead atoms. The van der Waals surface area contributed by atoms with Gasteiger partial charge in [-0.05, 0) is 43.7 Å². The average molecular weight is 314 g/mol. The van der Waals surface area contributed by atoms with Gasteiger partial charge in [-0.15, -0.1) is 0 Å². The Morgan fingerprint density at radius 3 is 2.14 bits per heavy atom. The number of nitrogens with zero attached hydrogens (tertiary/aromatic N) is 2. The number of sulfonamides is 1. The topological polar surface area (TPSA) is 61.2 Å². The van der Waals surface area contributed by atoms with Gasteiger partial charge in [0, 0.05) is 6.54 Å². The molecule has 114 valence electrons. The Balaban J connectivity index is 2.38. The molecule has 0 aliphatic rings. The van der Waals surface area contributed by atoms with Gasteiger partial charge in [-0.3, -0.25) is 4.31 Å². The first-order valence-corrected chi connectivity index (χ1v) is 8.48. The van der Waals surface area contributed by atoms with Crippen LogP contribution in [0.25, 0.3) is 0 Å². The quantitative estimate of drug-likeness (QED) is 0.851. The lowest BCUT2D eigenvalue weighted by Gasteiger charge is -2.23. The van der Waals surface area contributed by atoms with E-state index in [1.165, 1.54) is 4.31 Å². The Hall–Kier alpha value is -2.32. The zero-order valence-electron chi connectivity index (χ0n) is 12.7. The number of aryl methyl sites for hydroxylation is 1. The molecule has 0 radical (unpaired) electrons. The first kappa shape index (κ1) is 16.1. The van der Waals surface area contributed by atoms with Gasteiger partial charge in [0.1, 0.15) is 0 Å². The molecule has 0 saturated carbocycles. The molecule has 2 aromatic carbocycles. The monoisotopic (exact) mass is 314 g/mol. The molecule has 2 rings (SSSR count). The number of hydrogen-bond acceptors (Lipinski definition) is 3. The molecule has 0 heterocycles. The molecule has 5 heteroatoms. The number of anilines is 1. The predicted molar refractivity (Wildman–Crippen MR) is 87.1 cm³/mol. The van der Waals surface area contributed by atoms with Crippen molar-refractivity contribution in [2.75, 3.05) is 10.8 Å². The van der Waals surface area contributed by atoms with Crippen LogP contribution in [0.15, 0.2) is 53.4 Å². The molecule has 4 nitrogen and oxygen atoms in total. The van der Waals surface area contributed by atoms with E-state index in [1.54, 1.807) is 55.5 Å². The Kier molecular flexibility index (Phi) is 4.84. The lowest BCUT2D eigenvalue weighted by atomic mass is 10.1. The lowest BCUT2D eigenvalue weighted by molar-refractivity contribution is 0.592. The summed E-state index contributed by atoms with van der Waals surface area (Å²) in [5.74, 6) is 0. The Morgan fingerprint density at radius 2 is 1.64 bits per heavy atom. The Morgan fingerprint density at radius 1 is 1.05 bits per heavy atom. The number of nitriles is 1. The molecule has 0 atom stereocenters. The first-order valence-electron chi connectivity index (χ1n) is 7.04. The summed E-state index contributed by atoms with van der Waals surface area (Å²) in [5.41, 5.74) is 2.49. The first-order chi connectivity index (χ1) is 10.5. The molecule has 0 spiro atoms. The van der Waals surface area contributed by atoms with Crippen LogP contribution in [-0.2, 0) is 16.4 Å². The van der Waals surface area contributed by atoms with Crippen molar-refractivity contribution in [2.24, 2.45) is 0 Å². The number of benzene rings is 2. The zero-order chi connectivity index (χ0) is 16.2. The highest BCUT2D eigenvalue weighted by Gasteiger charge is 2.23. The maximum absolute atomic E-state index is 12.8. The fourth-order valence-electron chi connectivity index (χ4n) is 2.20. The number of hydrogen-bond donors (Lipinski definition) is 0. The summed E-state index contributed by atoms with van der Waals surface area (Å²) in [6.07, 6.45) is 0.317. The van der Waals surface area contributed by atoms with Crippen LogP contribution in [0.5, 0.6) is 0 Å². The van der Waals surface area contributed by atoms with Gasteiger partial charge in [0.15, 0.2) is 0 Å². The van der Waals surface area contributed by atoms with Gasteiger partial charge in [-0.25, -0.2) is 8.42 Å². The smallest absolute Gasteiger partial charge is 0.264 e. The van der Waals surface area contributed by atoms with Crippen molar-refractivity contribution in [3.05, 3.63) is 59.7 Å². The van der Waals surface area contributed by atoms with Crippen molar-refractivity contribution < 1.29 is 8.42 Å². The van der Waals surface area contributed by atoms with Crippen molar-refractivity contribution >= 4 is 15.7 Å². The zero-order valence-corrected chi connectivity index (χ0v) is 13.5. The van der Waals surface area contributed by atoms with E-state index >= 15 is 0 Å². The van der Waals surface area contributed by atoms with E-state index < -0.39 is 10.0 Å². The molecule has 0 unspecified atom stereocenters. The Bertz CT molecular complexity index is 773. The second kappa shape index (κ2) is 6.63. The maximum atomic E-state index is 12.8. The third-order valence-corrected chi connectivity index (χ3v) is 5.32. The fourth-order valence-corrected chi connectivity index (χ4v) is 3.67. The van der Waals surface area contributed by atoms with Crippen molar-refractivity contribution in [1.82, 2.24) is 0 Å². The van der Waals surface area contributed by atoms with Gasteiger partial charge in [-0.2, -0.15) is 5.26 Å². The van der Waals surface area contributed by atoms with Gasteiger partial charge < -0.3 is 0 Å². The van der Waals surface area contributed by atoms with E-state index in [4.69, 9.17) is 5.26 Å². The molecular weight excluding hydrogens is 296 g/mol. The summed E-state index contributed by atoms with van der Waals surface area (Å²) in [6.45, 7) is 4.06. The van der Waals surface area contributed by atoms with Crippen molar-refractivity contribution in [2.45, 2.75) is 25.2 Å². The van der Waals surface area contributed by atoms with Gasteiger partial charge in [0.05, 0.1) is 23.1 Å². The van der Waals surface area contributed by atoms with Crippen LogP contribution in [-0.4, -0.2) is 15.0 Å². The number of rotatable bonds is 5. The second-order valence-corrected chi connectivity index (χ2v) is 6.85. The highest BCUT2D eigenvalue weighted by atomic mass is 32.2. The Labute approximate surface area is 131 Å². The van der Waals surface area contributed by atoms with E-state index in [1.807, 2.05) is 6.92 Å². The summed E-state index contributed by atoms with van der Waals surface area (Å²) in [6, 6.07) is 15.9. The minimum Gasteiger partial charge on any atom is -0.267 e. The third kappa shape index (κ3) is 3.29.